The Labute approximate surface area is 150 Å². The predicted molar refractivity (Wildman–Crippen MR) is 100.0 cm³/mol. The van der Waals surface area contributed by atoms with E-state index in [1.807, 2.05) is 43.3 Å². The minimum Gasteiger partial charge on any atom is -0.493 e. The normalized spacial score (nSPS) is 10.3. The van der Waals surface area contributed by atoms with Crippen LogP contribution in [0.1, 0.15) is 10.4 Å². The van der Waals surface area contributed by atoms with E-state index in [1.54, 1.807) is 25.6 Å². The molecule has 25 heavy (non-hydrogen) atoms. The van der Waals surface area contributed by atoms with Crippen LogP contribution in [0, 0.1) is 18.3 Å². The third-order valence-electron chi connectivity index (χ3n) is 3.84. The van der Waals surface area contributed by atoms with Crippen LogP contribution in [0.2, 0.25) is 0 Å². The number of nitrogen functional groups attached to an aromatic ring is 1. The number of pyridine rings is 1. The number of rotatable bonds is 4. The second kappa shape index (κ2) is 6.83. The maximum absolute atomic E-state index is 9.48. The predicted octanol–water partition coefficient (Wildman–Crippen LogP) is 4.26. The number of anilines is 1. The van der Waals surface area contributed by atoms with Gasteiger partial charge in [0.2, 0.25) is 0 Å². The van der Waals surface area contributed by atoms with Crippen LogP contribution < -0.4 is 15.2 Å². The highest BCUT2D eigenvalue weighted by Gasteiger charge is 2.15. The van der Waals surface area contributed by atoms with Crippen molar-refractivity contribution in [3.8, 4) is 39.3 Å². The van der Waals surface area contributed by atoms with Gasteiger partial charge in [0.15, 0.2) is 11.5 Å². The SMILES string of the molecule is COc1ccc(-c2cc(-c3ccc(C)s3)c(C#N)c(N)n2)cc1OC. The summed E-state index contributed by atoms with van der Waals surface area (Å²) in [5.74, 6) is 1.47. The molecular formula is C19H17N3O2S. The van der Waals surface area contributed by atoms with E-state index < -0.39 is 0 Å². The first kappa shape index (κ1) is 16.8. The molecule has 3 rings (SSSR count). The molecule has 0 spiro atoms. The summed E-state index contributed by atoms with van der Waals surface area (Å²) in [5.41, 5.74) is 8.76. The number of hydrogen-bond acceptors (Lipinski definition) is 6. The lowest BCUT2D eigenvalue weighted by Gasteiger charge is -2.11. The zero-order valence-corrected chi connectivity index (χ0v) is 15.0. The summed E-state index contributed by atoms with van der Waals surface area (Å²) in [5, 5.41) is 9.48. The molecule has 0 saturated heterocycles. The van der Waals surface area contributed by atoms with Crippen LogP contribution in [-0.2, 0) is 0 Å². The molecule has 0 saturated carbocycles. The molecule has 0 unspecified atom stereocenters. The lowest BCUT2D eigenvalue weighted by molar-refractivity contribution is 0.355. The summed E-state index contributed by atoms with van der Waals surface area (Å²) in [6, 6.07) is 13.6. The molecule has 5 nitrogen and oxygen atoms in total. The molecule has 2 heterocycles. The van der Waals surface area contributed by atoms with Crippen LogP contribution in [0.25, 0.3) is 21.7 Å². The Bertz CT molecular complexity index is 973. The van der Waals surface area contributed by atoms with Gasteiger partial charge in [-0.3, -0.25) is 0 Å². The van der Waals surface area contributed by atoms with Crippen molar-refractivity contribution in [2.45, 2.75) is 6.92 Å². The first-order valence-electron chi connectivity index (χ1n) is 7.57. The van der Waals surface area contributed by atoms with Crippen LogP contribution >= 0.6 is 11.3 Å². The highest BCUT2D eigenvalue weighted by molar-refractivity contribution is 7.15. The highest BCUT2D eigenvalue weighted by Crippen LogP contribution is 2.37. The molecule has 0 radical (unpaired) electrons. The summed E-state index contributed by atoms with van der Waals surface area (Å²) in [7, 11) is 3.18. The quantitative estimate of drug-likeness (QED) is 0.759. The summed E-state index contributed by atoms with van der Waals surface area (Å²) >= 11 is 1.62. The molecule has 0 aliphatic heterocycles. The lowest BCUT2D eigenvalue weighted by atomic mass is 10.0. The van der Waals surface area contributed by atoms with Gasteiger partial charge in [0.25, 0.3) is 0 Å². The summed E-state index contributed by atoms with van der Waals surface area (Å²) in [6.45, 7) is 2.03. The number of nitrogens with two attached hydrogens (primary N) is 1. The molecule has 0 fully saturated rings. The van der Waals surface area contributed by atoms with Crippen molar-refractivity contribution in [2.24, 2.45) is 0 Å². The fraction of sp³-hybridized carbons (Fsp3) is 0.158. The average Bonchev–Trinajstić information content (AvgIpc) is 3.06. The van der Waals surface area contributed by atoms with Gasteiger partial charge in [-0.2, -0.15) is 5.26 Å². The zero-order valence-electron chi connectivity index (χ0n) is 14.2. The van der Waals surface area contributed by atoms with E-state index >= 15 is 0 Å². The first-order chi connectivity index (χ1) is 12.1. The number of thiophene rings is 1. The molecule has 2 aromatic heterocycles. The Morgan fingerprint density at radius 1 is 1.08 bits per heavy atom. The molecular weight excluding hydrogens is 334 g/mol. The molecule has 0 atom stereocenters. The number of aromatic nitrogens is 1. The second-order valence-corrected chi connectivity index (χ2v) is 6.70. The van der Waals surface area contributed by atoms with Crippen LogP contribution in [0.3, 0.4) is 0 Å². The van der Waals surface area contributed by atoms with Gasteiger partial charge < -0.3 is 15.2 Å². The van der Waals surface area contributed by atoms with E-state index in [2.05, 4.69) is 11.1 Å². The average molecular weight is 351 g/mol. The third-order valence-corrected chi connectivity index (χ3v) is 4.88. The number of methoxy groups -OCH3 is 2. The minimum absolute atomic E-state index is 0.218. The number of ether oxygens (including phenoxy) is 2. The molecule has 0 aliphatic carbocycles. The van der Waals surface area contributed by atoms with Crippen LogP contribution in [-0.4, -0.2) is 19.2 Å². The first-order valence-corrected chi connectivity index (χ1v) is 8.39. The second-order valence-electron chi connectivity index (χ2n) is 5.41. The van der Waals surface area contributed by atoms with Gasteiger partial charge in [-0.1, -0.05) is 0 Å². The van der Waals surface area contributed by atoms with Gasteiger partial charge in [-0.05, 0) is 43.3 Å². The Kier molecular flexibility index (Phi) is 4.59. The monoisotopic (exact) mass is 351 g/mol. The van der Waals surface area contributed by atoms with E-state index in [1.165, 1.54) is 4.88 Å². The van der Waals surface area contributed by atoms with Crippen molar-refractivity contribution in [3.63, 3.8) is 0 Å². The Hall–Kier alpha value is -3.04. The van der Waals surface area contributed by atoms with Crippen molar-refractivity contribution < 1.29 is 9.47 Å². The van der Waals surface area contributed by atoms with Crippen molar-refractivity contribution >= 4 is 17.2 Å². The molecule has 126 valence electrons. The van der Waals surface area contributed by atoms with Crippen LogP contribution in [0.4, 0.5) is 5.82 Å². The third kappa shape index (κ3) is 3.14. The summed E-state index contributed by atoms with van der Waals surface area (Å²) < 4.78 is 10.6. The highest BCUT2D eigenvalue weighted by atomic mass is 32.1. The lowest BCUT2D eigenvalue weighted by Crippen LogP contribution is -1.99. The smallest absolute Gasteiger partial charge is 0.161 e. The van der Waals surface area contributed by atoms with Gasteiger partial charge >= 0.3 is 0 Å². The van der Waals surface area contributed by atoms with Crippen molar-refractivity contribution in [2.75, 3.05) is 20.0 Å². The Morgan fingerprint density at radius 3 is 2.44 bits per heavy atom. The maximum Gasteiger partial charge on any atom is 0.161 e. The van der Waals surface area contributed by atoms with Crippen molar-refractivity contribution in [1.29, 1.82) is 5.26 Å². The Balaban J connectivity index is 2.18. The fourth-order valence-corrected chi connectivity index (χ4v) is 3.49. The largest absolute Gasteiger partial charge is 0.493 e. The standard InChI is InChI=1S/C19H17N3O2S/c1-11-4-7-18(25-11)13-9-15(22-19(21)14(13)10-20)12-5-6-16(23-2)17(8-12)24-3/h4-9H,1-3H3,(H2,21,22). The van der Waals surface area contributed by atoms with Crippen molar-refractivity contribution in [1.82, 2.24) is 4.98 Å². The van der Waals surface area contributed by atoms with Crippen molar-refractivity contribution in [3.05, 3.63) is 46.8 Å². The van der Waals surface area contributed by atoms with E-state index in [-0.39, 0.29) is 5.82 Å². The number of aryl methyl sites for hydroxylation is 1. The molecule has 0 aliphatic rings. The number of hydrogen-bond donors (Lipinski definition) is 1. The zero-order chi connectivity index (χ0) is 18.0. The maximum atomic E-state index is 9.48. The molecule has 3 aromatic rings. The van der Waals surface area contributed by atoms with E-state index in [9.17, 15) is 5.26 Å². The van der Waals surface area contributed by atoms with Crippen LogP contribution in [0.5, 0.6) is 11.5 Å². The van der Waals surface area contributed by atoms with Gasteiger partial charge in [-0.15, -0.1) is 11.3 Å². The molecule has 0 bridgehead atoms. The van der Waals surface area contributed by atoms with Gasteiger partial charge in [-0.25, -0.2) is 4.98 Å². The van der Waals surface area contributed by atoms with Gasteiger partial charge in [0, 0.05) is 20.9 Å². The molecule has 1 aromatic carbocycles. The number of benzene rings is 1. The fourth-order valence-electron chi connectivity index (χ4n) is 2.60. The Morgan fingerprint density at radius 2 is 1.84 bits per heavy atom. The summed E-state index contributed by atoms with van der Waals surface area (Å²) in [4.78, 5) is 6.56. The number of nitriles is 1. The van der Waals surface area contributed by atoms with Gasteiger partial charge in [0.05, 0.1) is 19.9 Å². The number of nitrogens with zero attached hydrogens (tertiary/aromatic N) is 2. The summed E-state index contributed by atoms with van der Waals surface area (Å²) in [6.07, 6.45) is 0. The minimum atomic E-state index is 0.218. The van der Waals surface area contributed by atoms with E-state index in [4.69, 9.17) is 15.2 Å². The van der Waals surface area contributed by atoms with Crippen LogP contribution in [0.15, 0.2) is 36.4 Å². The van der Waals surface area contributed by atoms with E-state index in [0.717, 1.165) is 16.0 Å². The molecule has 6 heteroatoms. The topological polar surface area (TPSA) is 81.2 Å². The molecule has 2 N–H and O–H groups in total. The van der Waals surface area contributed by atoms with E-state index in [0.29, 0.717) is 22.8 Å². The molecule has 0 amide bonds. The van der Waals surface area contributed by atoms with Gasteiger partial charge in [0.1, 0.15) is 17.5 Å².